The Morgan fingerprint density at radius 1 is 1.17 bits per heavy atom. The molecular weight excluding hydrogens is 224 g/mol. The van der Waals surface area contributed by atoms with Gasteiger partial charge in [-0.15, -0.1) is 0 Å². The fourth-order valence-electron chi connectivity index (χ4n) is 2.02. The van der Waals surface area contributed by atoms with Crippen LogP contribution in [0.1, 0.15) is 19.4 Å². The zero-order valence-corrected chi connectivity index (χ0v) is 11.1. The van der Waals surface area contributed by atoms with Crippen LogP contribution >= 0.6 is 0 Å². The molecule has 0 N–H and O–H groups in total. The third-order valence-electron chi connectivity index (χ3n) is 3.35. The van der Waals surface area contributed by atoms with E-state index in [1.807, 2.05) is 19.1 Å². The number of carbonyl (C=O) groups is 1. The van der Waals surface area contributed by atoms with E-state index in [1.165, 1.54) is 10.9 Å². The summed E-state index contributed by atoms with van der Waals surface area (Å²) in [5, 5.41) is 2.35. The molecule has 0 saturated heterocycles. The molecule has 0 saturated carbocycles. The van der Waals surface area contributed by atoms with Crippen LogP contribution in [0.25, 0.3) is 10.8 Å². The summed E-state index contributed by atoms with van der Waals surface area (Å²) in [7, 11) is 1.67. The van der Waals surface area contributed by atoms with E-state index < -0.39 is 0 Å². The van der Waals surface area contributed by atoms with Crippen molar-refractivity contribution in [3.05, 3.63) is 42.0 Å². The summed E-state index contributed by atoms with van der Waals surface area (Å²) in [5.41, 5.74) is 1.20. The van der Waals surface area contributed by atoms with Gasteiger partial charge in [0.25, 0.3) is 0 Å². The average molecular weight is 242 g/mol. The van der Waals surface area contributed by atoms with Crippen molar-refractivity contribution in [2.24, 2.45) is 5.92 Å². The van der Waals surface area contributed by atoms with E-state index in [0.717, 1.165) is 17.6 Å². The van der Waals surface area contributed by atoms with Gasteiger partial charge in [0.2, 0.25) is 0 Å². The van der Waals surface area contributed by atoms with Gasteiger partial charge < -0.3 is 4.74 Å². The Morgan fingerprint density at radius 2 is 1.83 bits per heavy atom. The molecule has 2 aromatic carbocycles. The number of ether oxygens (including phenoxy) is 1. The fraction of sp³-hybridized carbons (Fsp3) is 0.312. The monoisotopic (exact) mass is 242 g/mol. The number of hydrogen-bond acceptors (Lipinski definition) is 2. The molecular formula is C16H18O2. The van der Waals surface area contributed by atoms with Crippen LogP contribution in [-0.4, -0.2) is 12.9 Å². The van der Waals surface area contributed by atoms with E-state index in [4.69, 9.17) is 4.74 Å². The van der Waals surface area contributed by atoms with Gasteiger partial charge in [-0.2, -0.15) is 0 Å². The Labute approximate surface area is 108 Å². The van der Waals surface area contributed by atoms with Gasteiger partial charge in [0, 0.05) is 5.92 Å². The highest BCUT2D eigenvalue weighted by Gasteiger charge is 2.08. The molecule has 0 aliphatic carbocycles. The summed E-state index contributed by atoms with van der Waals surface area (Å²) in [4.78, 5) is 11.3. The number of ketones is 1. The molecule has 0 bridgehead atoms. The van der Waals surface area contributed by atoms with Crippen LogP contribution in [0.15, 0.2) is 36.4 Å². The molecule has 2 heteroatoms. The smallest absolute Gasteiger partial charge is 0.132 e. The summed E-state index contributed by atoms with van der Waals surface area (Å²) in [5.74, 6) is 1.19. The first-order valence-corrected chi connectivity index (χ1v) is 6.17. The van der Waals surface area contributed by atoms with Gasteiger partial charge in [0.15, 0.2) is 0 Å². The van der Waals surface area contributed by atoms with Crippen molar-refractivity contribution in [1.82, 2.24) is 0 Å². The van der Waals surface area contributed by atoms with Crippen molar-refractivity contribution in [3.8, 4) is 5.75 Å². The van der Waals surface area contributed by atoms with Crippen LogP contribution in [0.4, 0.5) is 0 Å². The van der Waals surface area contributed by atoms with Gasteiger partial charge in [0.05, 0.1) is 7.11 Å². The van der Waals surface area contributed by atoms with Crippen molar-refractivity contribution in [3.63, 3.8) is 0 Å². The van der Waals surface area contributed by atoms with Gasteiger partial charge >= 0.3 is 0 Å². The summed E-state index contributed by atoms with van der Waals surface area (Å²) >= 11 is 0. The minimum atomic E-state index is 0.0840. The molecule has 18 heavy (non-hydrogen) atoms. The number of Topliss-reactive ketones (excluding diaryl/α,β-unsaturated/α-hetero) is 1. The molecule has 0 heterocycles. The minimum Gasteiger partial charge on any atom is -0.497 e. The molecule has 0 unspecified atom stereocenters. The van der Waals surface area contributed by atoms with Crippen LogP contribution in [0, 0.1) is 5.92 Å². The molecule has 0 aliphatic heterocycles. The number of fused-ring (bicyclic) bond motifs is 1. The second-order valence-corrected chi connectivity index (χ2v) is 4.76. The molecule has 94 valence electrons. The van der Waals surface area contributed by atoms with Gasteiger partial charge in [-0.1, -0.05) is 31.2 Å². The second-order valence-electron chi connectivity index (χ2n) is 4.76. The largest absolute Gasteiger partial charge is 0.497 e. The van der Waals surface area contributed by atoms with Crippen molar-refractivity contribution in [2.75, 3.05) is 7.11 Å². The number of hydrogen-bond donors (Lipinski definition) is 0. The van der Waals surface area contributed by atoms with E-state index in [1.54, 1.807) is 14.0 Å². The van der Waals surface area contributed by atoms with Crippen LogP contribution in [0.3, 0.4) is 0 Å². The number of carbonyl (C=O) groups excluding carboxylic acids is 1. The van der Waals surface area contributed by atoms with E-state index in [0.29, 0.717) is 0 Å². The Kier molecular flexibility index (Phi) is 3.66. The summed E-state index contributed by atoms with van der Waals surface area (Å²) in [6, 6.07) is 12.3. The van der Waals surface area contributed by atoms with E-state index >= 15 is 0 Å². The van der Waals surface area contributed by atoms with Crippen molar-refractivity contribution in [1.29, 1.82) is 0 Å². The molecule has 0 aromatic heterocycles. The predicted molar refractivity (Wildman–Crippen MR) is 74.0 cm³/mol. The molecule has 2 nitrogen and oxygen atoms in total. The zero-order valence-electron chi connectivity index (χ0n) is 11.1. The highest BCUT2D eigenvalue weighted by atomic mass is 16.5. The number of methoxy groups -OCH3 is 1. The Hall–Kier alpha value is -1.83. The molecule has 0 spiro atoms. The first-order chi connectivity index (χ1) is 8.60. The number of benzene rings is 2. The third kappa shape index (κ3) is 2.70. The van der Waals surface area contributed by atoms with Gasteiger partial charge in [-0.25, -0.2) is 0 Å². The third-order valence-corrected chi connectivity index (χ3v) is 3.35. The topological polar surface area (TPSA) is 26.3 Å². The quantitative estimate of drug-likeness (QED) is 0.818. The zero-order chi connectivity index (χ0) is 13.1. The van der Waals surface area contributed by atoms with Crippen molar-refractivity contribution in [2.45, 2.75) is 20.3 Å². The van der Waals surface area contributed by atoms with Crippen molar-refractivity contribution >= 4 is 16.6 Å². The molecule has 1 atom stereocenters. The normalized spacial score (nSPS) is 12.4. The summed E-state index contributed by atoms with van der Waals surface area (Å²) < 4.78 is 5.20. The SMILES string of the molecule is COc1ccc2cc(C[C@H](C)C(C)=O)ccc2c1. The van der Waals surface area contributed by atoms with Gasteiger partial charge in [-0.05, 0) is 41.8 Å². The molecule has 0 aliphatic rings. The van der Waals surface area contributed by atoms with Crippen LogP contribution < -0.4 is 4.74 Å². The maximum Gasteiger partial charge on any atom is 0.132 e. The standard InChI is InChI=1S/C16H18O2/c1-11(12(2)17)8-13-4-5-15-10-16(18-3)7-6-14(15)9-13/h4-7,9-11H,8H2,1-3H3/t11-/m0/s1. The molecule has 2 rings (SSSR count). The molecule has 2 aromatic rings. The highest BCUT2D eigenvalue weighted by molar-refractivity contribution is 5.85. The Balaban J connectivity index is 2.30. The lowest BCUT2D eigenvalue weighted by Crippen LogP contribution is -2.09. The Bertz CT molecular complexity index is 572. The predicted octanol–water partition coefficient (Wildman–Crippen LogP) is 3.62. The fourth-order valence-corrected chi connectivity index (χ4v) is 2.02. The maximum absolute atomic E-state index is 11.3. The lowest BCUT2D eigenvalue weighted by molar-refractivity contribution is -0.120. The van der Waals surface area contributed by atoms with E-state index in [-0.39, 0.29) is 11.7 Å². The van der Waals surface area contributed by atoms with Crippen LogP contribution in [0.2, 0.25) is 0 Å². The second kappa shape index (κ2) is 5.21. The summed E-state index contributed by atoms with van der Waals surface area (Å²) in [6.07, 6.45) is 0.803. The Morgan fingerprint density at radius 3 is 2.50 bits per heavy atom. The minimum absolute atomic E-state index is 0.0840. The van der Waals surface area contributed by atoms with E-state index in [9.17, 15) is 4.79 Å². The first kappa shape index (κ1) is 12.6. The molecule has 0 amide bonds. The first-order valence-electron chi connectivity index (χ1n) is 6.17. The van der Waals surface area contributed by atoms with E-state index in [2.05, 4.69) is 24.3 Å². The lowest BCUT2D eigenvalue weighted by atomic mass is 9.96. The molecule has 0 radical (unpaired) electrons. The van der Waals surface area contributed by atoms with Crippen LogP contribution in [0.5, 0.6) is 5.75 Å². The van der Waals surface area contributed by atoms with Gasteiger partial charge in [0.1, 0.15) is 11.5 Å². The number of rotatable bonds is 4. The average Bonchev–Trinajstić information content (AvgIpc) is 2.37. The molecule has 0 fully saturated rings. The highest BCUT2D eigenvalue weighted by Crippen LogP contribution is 2.23. The van der Waals surface area contributed by atoms with Crippen molar-refractivity contribution < 1.29 is 9.53 Å². The van der Waals surface area contributed by atoms with Crippen LogP contribution in [-0.2, 0) is 11.2 Å². The maximum atomic E-state index is 11.3. The lowest BCUT2D eigenvalue weighted by Gasteiger charge is -2.09. The van der Waals surface area contributed by atoms with Gasteiger partial charge in [-0.3, -0.25) is 4.79 Å². The summed E-state index contributed by atoms with van der Waals surface area (Å²) in [6.45, 7) is 3.62.